The number of carbonyl (C=O) groups is 3. The minimum atomic E-state index is -0.397. The highest BCUT2D eigenvalue weighted by molar-refractivity contribution is 6.31. The van der Waals surface area contributed by atoms with Gasteiger partial charge in [-0.05, 0) is 55.8 Å². The summed E-state index contributed by atoms with van der Waals surface area (Å²) in [4.78, 5) is 43.8. The molecule has 160 valence electrons. The average Bonchev–Trinajstić information content (AvgIpc) is 2.75. The number of hydrogen-bond acceptors (Lipinski definition) is 6. The van der Waals surface area contributed by atoms with Crippen LogP contribution in [0.5, 0.6) is 0 Å². The Morgan fingerprint density at radius 2 is 2.00 bits per heavy atom. The zero-order valence-corrected chi connectivity index (χ0v) is 17.8. The lowest BCUT2D eigenvalue weighted by molar-refractivity contribution is -0.117. The maximum Gasteiger partial charge on any atom is 0.338 e. The Kier molecular flexibility index (Phi) is 6.15. The van der Waals surface area contributed by atoms with Crippen LogP contribution in [0.2, 0.25) is 5.02 Å². The van der Waals surface area contributed by atoms with Gasteiger partial charge < -0.3 is 10.1 Å². The zero-order chi connectivity index (χ0) is 22.0. The molecular formula is C23H22ClN3O4. The van der Waals surface area contributed by atoms with Crippen LogP contribution in [0.4, 0.5) is 11.4 Å². The van der Waals surface area contributed by atoms with E-state index in [4.69, 9.17) is 16.3 Å². The molecule has 0 saturated carbocycles. The Labute approximate surface area is 185 Å². The van der Waals surface area contributed by atoms with Crippen molar-refractivity contribution in [1.82, 2.24) is 4.90 Å². The number of nitrogens with one attached hydrogen (secondary N) is 1. The van der Waals surface area contributed by atoms with E-state index < -0.39 is 5.97 Å². The number of benzene rings is 2. The molecule has 4 rings (SSSR count). The molecule has 2 aromatic rings. The van der Waals surface area contributed by atoms with Crippen molar-refractivity contribution in [3.05, 3.63) is 58.6 Å². The number of anilines is 1. The summed E-state index contributed by atoms with van der Waals surface area (Å²) in [6, 6.07) is 11.7. The lowest BCUT2D eigenvalue weighted by Crippen LogP contribution is -2.47. The molecule has 1 N–H and O–H groups in total. The van der Waals surface area contributed by atoms with E-state index in [1.807, 2.05) is 4.90 Å². The number of halogens is 1. The van der Waals surface area contributed by atoms with Crippen LogP contribution in [0.25, 0.3) is 0 Å². The summed E-state index contributed by atoms with van der Waals surface area (Å²) in [6.07, 6.45) is 0.639. The van der Waals surface area contributed by atoms with E-state index in [9.17, 15) is 14.4 Å². The predicted molar refractivity (Wildman–Crippen MR) is 118 cm³/mol. The Morgan fingerprint density at radius 1 is 1.23 bits per heavy atom. The molecule has 2 aliphatic rings. The number of amides is 1. The van der Waals surface area contributed by atoms with E-state index in [2.05, 4.69) is 10.3 Å². The molecule has 1 atom stereocenters. The number of aliphatic imine (C=N–C) groups is 1. The highest BCUT2D eigenvalue weighted by Crippen LogP contribution is 2.33. The summed E-state index contributed by atoms with van der Waals surface area (Å²) in [6.45, 7) is 3.32. The van der Waals surface area contributed by atoms with Crippen LogP contribution >= 0.6 is 11.6 Å². The monoisotopic (exact) mass is 439 g/mol. The average molecular weight is 440 g/mol. The third-order valence-electron chi connectivity index (χ3n) is 5.38. The smallest absolute Gasteiger partial charge is 0.338 e. The summed E-state index contributed by atoms with van der Waals surface area (Å²) in [7, 11) is 0. The van der Waals surface area contributed by atoms with Crippen molar-refractivity contribution in [3.8, 4) is 0 Å². The van der Waals surface area contributed by atoms with Gasteiger partial charge in [-0.2, -0.15) is 0 Å². The van der Waals surface area contributed by atoms with Crippen molar-refractivity contribution in [2.24, 2.45) is 10.9 Å². The molecule has 0 radical (unpaired) electrons. The number of likely N-dealkylation sites (tertiary alicyclic amines) is 1. The molecule has 1 amide bonds. The van der Waals surface area contributed by atoms with E-state index in [1.165, 1.54) is 0 Å². The Morgan fingerprint density at radius 3 is 2.74 bits per heavy atom. The minimum absolute atomic E-state index is 0.00200. The number of hydrogen-bond donors (Lipinski definition) is 1. The van der Waals surface area contributed by atoms with Crippen LogP contribution in [0.15, 0.2) is 47.5 Å². The van der Waals surface area contributed by atoms with E-state index in [0.717, 1.165) is 5.71 Å². The summed E-state index contributed by atoms with van der Waals surface area (Å²) < 4.78 is 4.95. The molecule has 0 aromatic heterocycles. The van der Waals surface area contributed by atoms with Crippen LogP contribution in [-0.2, 0) is 9.53 Å². The van der Waals surface area contributed by atoms with Gasteiger partial charge in [-0.1, -0.05) is 11.6 Å². The number of esters is 1. The van der Waals surface area contributed by atoms with Crippen molar-refractivity contribution in [2.45, 2.75) is 13.3 Å². The van der Waals surface area contributed by atoms with Crippen molar-refractivity contribution < 1.29 is 19.1 Å². The third kappa shape index (κ3) is 4.68. The molecule has 7 nitrogen and oxygen atoms in total. The van der Waals surface area contributed by atoms with Gasteiger partial charge in [0, 0.05) is 35.1 Å². The van der Waals surface area contributed by atoms with Gasteiger partial charge >= 0.3 is 5.97 Å². The Hall–Kier alpha value is -3.03. The standard InChI is InChI=1S/C23H22ClN3O4/c1-2-31-23(30)14-3-6-16(7-4-14)25-21(28)13-27-10-9-20-18(12-27)22(29)17-11-15(24)5-8-19(17)26-20/h3-8,11,18H,2,9-10,12-13H2,1H3,(H,25,28). The Balaban J connectivity index is 1.37. The number of nitrogens with zero attached hydrogens (tertiary/aromatic N) is 2. The fourth-order valence-electron chi connectivity index (χ4n) is 3.87. The van der Waals surface area contributed by atoms with Crippen LogP contribution in [0, 0.1) is 5.92 Å². The van der Waals surface area contributed by atoms with Gasteiger partial charge in [-0.15, -0.1) is 0 Å². The third-order valence-corrected chi connectivity index (χ3v) is 5.61. The maximum absolute atomic E-state index is 13.0. The fourth-order valence-corrected chi connectivity index (χ4v) is 4.04. The highest BCUT2D eigenvalue weighted by Gasteiger charge is 2.36. The summed E-state index contributed by atoms with van der Waals surface area (Å²) in [5.74, 6) is -0.930. The second-order valence-electron chi connectivity index (χ2n) is 7.51. The highest BCUT2D eigenvalue weighted by atomic mass is 35.5. The van der Waals surface area contributed by atoms with Gasteiger partial charge in [0.05, 0.1) is 30.3 Å². The maximum atomic E-state index is 13.0. The second kappa shape index (κ2) is 8.99. The molecular weight excluding hydrogens is 418 g/mol. The first-order valence-electron chi connectivity index (χ1n) is 10.1. The van der Waals surface area contributed by atoms with Gasteiger partial charge in [-0.25, -0.2) is 4.79 Å². The second-order valence-corrected chi connectivity index (χ2v) is 7.95. The van der Waals surface area contributed by atoms with Gasteiger partial charge in [0.2, 0.25) is 5.91 Å². The summed E-state index contributed by atoms with van der Waals surface area (Å²) in [5.41, 5.74) is 3.09. The minimum Gasteiger partial charge on any atom is -0.462 e. The largest absolute Gasteiger partial charge is 0.462 e. The van der Waals surface area contributed by atoms with Gasteiger partial charge in [-0.3, -0.25) is 19.5 Å². The number of fused-ring (bicyclic) bond motifs is 2. The molecule has 0 aliphatic carbocycles. The number of ketones is 1. The molecule has 2 heterocycles. The summed E-state index contributed by atoms with van der Waals surface area (Å²) in [5, 5.41) is 3.33. The normalized spacial score (nSPS) is 17.9. The molecule has 8 heteroatoms. The molecule has 31 heavy (non-hydrogen) atoms. The van der Waals surface area contributed by atoms with Crippen LogP contribution in [-0.4, -0.2) is 54.5 Å². The van der Waals surface area contributed by atoms with Crippen molar-refractivity contribution in [2.75, 3.05) is 31.6 Å². The number of carbonyl (C=O) groups excluding carboxylic acids is 3. The number of ether oxygens (including phenoxy) is 1. The first-order chi connectivity index (χ1) is 14.9. The molecule has 2 aliphatic heterocycles. The van der Waals surface area contributed by atoms with Crippen molar-refractivity contribution in [1.29, 1.82) is 0 Å². The molecule has 1 fully saturated rings. The lowest BCUT2D eigenvalue weighted by Gasteiger charge is -2.34. The number of Topliss-reactive ketones (excluding diaryl/α,β-unsaturated/α-hetero) is 1. The number of rotatable bonds is 5. The molecule has 2 aromatic carbocycles. The molecule has 0 bridgehead atoms. The molecule has 1 unspecified atom stereocenters. The SMILES string of the molecule is CCOC(=O)c1ccc(NC(=O)CN2CCC3=Nc4ccc(Cl)cc4C(=O)C3C2)cc1. The lowest BCUT2D eigenvalue weighted by atomic mass is 9.85. The summed E-state index contributed by atoms with van der Waals surface area (Å²) >= 11 is 6.04. The van der Waals surface area contributed by atoms with Crippen molar-refractivity contribution >= 4 is 46.3 Å². The van der Waals surface area contributed by atoms with Gasteiger partial charge in [0.25, 0.3) is 0 Å². The van der Waals surface area contributed by atoms with Crippen molar-refractivity contribution in [3.63, 3.8) is 0 Å². The fraction of sp³-hybridized carbons (Fsp3) is 0.304. The van der Waals surface area contributed by atoms with E-state index >= 15 is 0 Å². The molecule has 0 spiro atoms. The molecule has 1 saturated heterocycles. The van der Waals surface area contributed by atoms with E-state index in [1.54, 1.807) is 49.4 Å². The topological polar surface area (TPSA) is 88.1 Å². The van der Waals surface area contributed by atoms with Crippen LogP contribution < -0.4 is 5.32 Å². The predicted octanol–water partition coefficient (Wildman–Crippen LogP) is 3.75. The number of piperidine rings is 1. The first kappa shape index (κ1) is 21.2. The first-order valence-corrected chi connectivity index (χ1v) is 10.5. The Bertz CT molecular complexity index is 1060. The van der Waals surface area contributed by atoms with E-state index in [0.29, 0.717) is 53.6 Å². The zero-order valence-electron chi connectivity index (χ0n) is 17.1. The van der Waals surface area contributed by atoms with E-state index in [-0.39, 0.29) is 24.2 Å². The quantitative estimate of drug-likeness (QED) is 0.717. The van der Waals surface area contributed by atoms with Gasteiger partial charge in [0.15, 0.2) is 5.78 Å². The van der Waals surface area contributed by atoms with Gasteiger partial charge in [0.1, 0.15) is 0 Å². The van der Waals surface area contributed by atoms with Crippen LogP contribution in [0.1, 0.15) is 34.1 Å². The van der Waals surface area contributed by atoms with Crippen LogP contribution in [0.3, 0.4) is 0 Å².